The first kappa shape index (κ1) is 12.4. The molecule has 2 heteroatoms. The van der Waals surface area contributed by atoms with E-state index in [-0.39, 0.29) is 17.5 Å². The Kier molecular flexibility index (Phi) is 3.78. The van der Waals surface area contributed by atoms with Crippen molar-refractivity contribution in [2.24, 2.45) is 0 Å². The van der Waals surface area contributed by atoms with Crippen molar-refractivity contribution in [2.75, 3.05) is 0 Å². The summed E-state index contributed by atoms with van der Waals surface area (Å²) in [6.07, 6.45) is 0.481. The van der Waals surface area contributed by atoms with Gasteiger partial charge in [-0.3, -0.25) is 4.79 Å². The standard InChI is InChI=1S/C16H16O2/c1-12(17)11-16(13-5-3-2-4-6-13)14-7-9-15(18)10-8-14/h2-10,16,18H,11H2,1H3. The maximum Gasteiger partial charge on any atom is 0.130 e. The fraction of sp³-hybridized carbons (Fsp3) is 0.188. The number of carbonyl (C=O) groups is 1. The van der Waals surface area contributed by atoms with Crippen molar-refractivity contribution in [3.63, 3.8) is 0 Å². The maximum absolute atomic E-state index is 11.4. The van der Waals surface area contributed by atoms with Gasteiger partial charge >= 0.3 is 0 Å². The number of Topliss-reactive ketones (excluding diaryl/α,β-unsaturated/α-hetero) is 1. The summed E-state index contributed by atoms with van der Waals surface area (Å²) in [5.74, 6) is 0.467. The van der Waals surface area contributed by atoms with Crippen LogP contribution in [0.25, 0.3) is 0 Å². The highest BCUT2D eigenvalue weighted by atomic mass is 16.3. The molecule has 0 aliphatic heterocycles. The average molecular weight is 240 g/mol. The van der Waals surface area contributed by atoms with Crippen molar-refractivity contribution in [1.82, 2.24) is 0 Å². The summed E-state index contributed by atoms with van der Waals surface area (Å²) < 4.78 is 0. The van der Waals surface area contributed by atoms with Gasteiger partial charge in [0.15, 0.2) is 0 Å². The van der Waals surface area contributed by atoms with Crippen molar-refractivity contribution >= 4 is 5.78 Å². The number of carbonyl (C=O) groups excluding carboxylic acids is 1. The zero-order valence-electron chi connectivity index (χ0n) is 10.3. The first-order valence-electron chi connectivity index (χ1n) is 6.00. The normalized spacial score (nSPS) is 12.1. The smallest absolute Gasteiger partial charge is 0.130 e. The molecule has 0 saturated carbocycles. The van der Waals surface area contributed by atoms with Gasteiger partial charge in [-0.2, -0.15) is 0 Å². The third-order valence-corrected chi connectivity index (χ3v) is 2.99. The van der Waals surface area contributed by atoms with Crippen LogP contribution >= 0.6 is 0 Å². The number of ketones is 1. The van der Waals surface area contributed by atoms with E-state index in [2.05, 4.69) is 0 Å². The number of phenols is 1. The lowest BCUT2D eigenvalue weighted by molar-refractivity contribution is -0.117. The average Bonchev–Trinajstić information content (AvgIpc) is 2.38. The molecule has 2 nitrogen and oxygen atoms in total. The molecule has 1 N–H and O–H groups in total. The number of aromatic hydroxyl groups is 1. The third-order valence-electron chi connectivity index (χ3n) is 2.99. The van der Waals surface area contributed by atoms with Gasteiger partial charge in [0.2, 0.25) is 0 Å². The Balaban J connectivity index is 2.36. The minimum atomic E-state index is 0.0595. The fourth-order valence-corrected chi connectivity index (χ4v) is 2.11. The first-order chi connectivity index (χ1) is 8.66. The van der Waals surface area contributed by atoms with E-state index >= 15 is 0 Å². The Hall–Kier alpha value is -2.09. The second kappa shape index (κ2) is 5.50. The van der Waals surface area contributed by atoms with Gasteiger partial charge in [-0.05, 0) is 30.2 Å². The number of hydrogen-bond donors (Lipinski definition) is 1. The molecular weight excluding hydrogens is 224 g/mol. The van der Waals surface area contributed by atoms with Crippen LogP contribution in [0.5, 0.6) is 5.75 Å². The van der Waals surface area contributed by atoms with Crippen molar-refractivity contribution in [3.05, 3.63) is 65.7 Å². The van der Waals surface area contributed by atoms with Crippen LogP contribution in [0, 0.1) is 0 Å². The largest absolute Gasteiger partial charge is 0.508 e. The van der Waals surface area contributed by atoms with E-state index < -0.39 is 0 Å². The quantitative estimate of drug-likeness (QED) is 0.888. The van der Waals surface area contributed by atoms with Crippen molar-refractivity contribution < 1.29 is 9.90 Å². The molecule has 2 rings (SSSR count). The lowest BCUT2D eigenvalue weighted by Crippen LogP contribution is -2.05. The van der Waals surface area contributed by atoms with Crippen molar-refractivity contribution in [3.8, 4) is 5.75 Å². The first-order valence-corrected chi connectivity index (χ1v) is 6.00. The third kappa shape index (κ3) is 2.98. The van der Waals surface area contributed by atoms with E-state index in [1.54, 1.807) is 19.1 Å². The Morgan fingerprint density at radius 1 is 1.00 bits per heavy atom. The molecule has 0 radical (unpaired) electrons. The summed E-state index contributed by atoms with van der Waals surface area (Å²) in [5.41, 5.74) is 2.17. The molecule has 2 aromatic carbocycles. The van der Waals surface area contributed by atoms with E-state index in [4.69, 9.17) is 0 Å². The minimum absolute atomic E-state index is 0.0595. The number of phenolic OH excluding ortho intramolecular Hbond substituents is 1. The van der Waals surface area contributed by atoms with E-state index in [9.17, 15) is 9.90 Å². The van der Waals surface area contributed by atoms with Gasteiger partial charge in [0.1, 0.15) is 11.5 Å². The highest BCUT2D eigenvalue weighted by Crippen LogP contribution is 2.29. The van der Waals surface area contributed by atoms with E-state index in [1.165, 1.54) is 0 Å². The van der Waals surface area contributed by atoms with Gasteiger partial charge in [0.05, 0.1) is 0 Å². The van der Waals surface area contributed by atoms with Crippen LogP contribution in [-0.4, -0.2) is 10.9 Å². The molecule has 0 spiro atoms. The van der Waals surface area contributed by atoms with Gasteiger partial charge in [0, 0.05) is 12.3 Å². The highest BCUT2D eigenvalue weighted by Gasteiger charge is 2.15. The van der Waals surface area contributed by atoms with Crippen LogP contribution in [-0.2, 0) is 4.79 Å². The van der Waals surface area contributed by atoms with Gasteiger partial charge < -0.3 is 5.11 Å². The number of benzene rings is 2. The molecule has 0 bridgehead atoms. The molecule has 92 valence electrons. The Labute approximate surface area is 107 Å². The molecule has 0 saturated heterocycles. The molecule has 18 heavy (non-hydrogen) atoms. The van der Waals surface area contributed by atoms with Crippen LogP contribution in [0.3, 0.4) is 0 Å². The lowest BCUT2D eigenvalue weighted by atomic mass is 9.87. The van der Waals surface area contributed by atoms with Gasteiger partial charge in [-0.15, -0.1) is 0 Å². The minimum Gasteiger partial charge on any atom is -0.508 e. The summed E-state index contributed by atoms with van der Waals surface area (Å²) >= 11 is 0. The molecule has 0 heterocycles. The van der Waals surface area contributed by atoms with Gasteiger partial charge in [-0.25, -0.2) is 0 Å². The predicted molar refractivity (Wildman–Crippen MR) is 71.7 cm³/mol. The van der Waals surface area contributed by atoms with Crippen LogP contribution in [0.1, 0.15) is 30.4 Å². The molecule has 0 fully saturated rings. The second-order valence-corrected chi connectivity index (χ2v) is 4.46. The van der Waals surface area contributed by atoms with E-state index in [1.807, 2.05) is 42.5 Å². The molecule has 0 aromatic heterocycles. The molecule has 1 unspecified atom stereocenters. The van der Waals surface area contributed by atoms with Crippen LogP contribution < -0.4 is 0 Å². The SMILES string of the molecule is CC(=O)CC(c1ccccc1)c1ccc(O)cc1. The molecular formula is C16H16O2. The number of hydrogen-bond acceptors (Lipinski definition) is 2. The zero-order valence-corrected chi connectivity index (χ0v) is 10.3. The summed E-state index contributed by atoms with van der Waals surface area (Å²) in [5, 5.41) is 9.32. The zero-order chi connectivity index (χ0) is 13.0. The maximum atomic E-state index is 11.4. The van der Waals surface area contributed by atoms with Crippen LogP contribution in [0.2, 0.25) is 0 Å². The molecule has 0 amide bonds. The summed E-state index contributed by atoms with van der Waals surface area (Å²) in [6.45, 7) is 1.61. The van der Waals surface area contributed by atoms with Crippen LogP contribution in [0.4, 0.5) is 0 Å². The predicted octanol–water partition coefficient (Wildman–Crippen LogP) is 3.50. The van der Waals surface area contributed by atoms with E-state index in [0.29, 0.717) is 6.42 Å². The lowest BCUT2D eigenvalue weighted by Gasteiger charge is -2.16. The molecule has 0 aliphatic rings. The van der Waals surface area contributed by atoms with Gasteiger partial charge in [-0.1, -0.05) is 42.5 Å². The highest BCUT2D eigenvalue weighted by molar-refractivity contribution is 5.77. The number of rotatable bonds is 4. The molecule has 1 atom stereocenters. The second-order valence-electron chi connectivity index (χ2n) is 4.46. The summed E-state index contributed by atoms with van der Waals surface area (Å²) in [4.78, 5) is 11.4. The Bertz CT molecular complexity index is 515. The Morgan fingerprint density at radius 2 is 1.56 bits per heavy atom. The van der Waals surface area contributed by atoms with Crippen molar-refractivity contribution in [1.29, 1.82) is 0 Å². The monoisotopic (exact) mass is 240 g/mol. The Morgan fingerprint density at radius 3 is 2.11 bits per heavy atom. The summed E-state index contributed by atoms with van der Waals surface area (Å²) in [6, 6.07) is 17.0. The van der Waals surface area contributed by atoms with Gasteiger partial charge in [0.25, 0.3) is 0 Å². The van der Waals surface area contributed by atoms with E-state index in [0.717, 1.165) is 11.1 Å². The van der Waals surface area contributed by atoms with Crippen LogP contribution in [0.15, 0.2) is 54.6 Å². The molecule has 2 aromatic rings. The summed E-state index contributed by atoms with van der Waals surface area (Å²) in [7, 11) is 0. The fourth-order valence-electron chi connectivity index (χ4n) is 2.11. The molecule has 0 aliphatic carbocycles. The topological polar surface area (TPSA) is 37.3 Å². The van der Waals surface area contributed by atoms with Crippen molar-refractivity contribution in [2.45, 2.75) is 19.3 Å².